The molecule has 0 aliphatic heterocycles. The van der Waals surface area contributed by atoms with Gasteiger partial charge in [-0.15, -0.1) is 11.7 Å². The average molecular weight is 219 g/mol. The number of nitrogens with zero attached hydrogens (tertiary/aromatic N) is 1. The Bertz CT molecular complexity index is 106. The minimum absolute atomic E-state index is 0.0822. The van der Waals surface area contributed by atoms with E-state index in [2.05, 4.69) is 0 Å². The van der Waals surface area contributed by atoms with Gasteiger partial charge in [-0.2, -0.15) is 4.31 Å². The zero-order valence-electron chi connectivity index (χ0n) is 8.82. The van der Waals surface area contributed by atoms with Gasteiger partial charge in [-0.05, 0) is 6.42 Å². The molecule has 0 unspecified atom stereocenters. The predicted octanol–water partition coefficient (Wildman–Crippen LogP) is 4.51. The number of hydrogen-bond acceptors (Lipinski definition) is 1. The summed E-state index contributed by atoms with van der Waals surface area (Å²) in [5.74, 6) is 0. The highest BCUT2D eigenvalue weighted by molar-refractivity contribution is 8.18. The summed E-state index contributed by atoms with van der Waals surface area (Å²) in [5.41, 5.74) is 0. The fraction of sp³-hybridized carbons (Fsp3) is 1.00. The van der Waals surface area contributed by atoms with Gasteiger partial charge in [-0.3, -0.25) is 0 Å². The van der Waals surface area contributed by atoms with Crippen molar-refractivity contribution in [2.75, 3.05) is 13.1 Å². The van der Waals surface area contributed by atoms with E-state index >= 15 is 0 Å². The van der Waals surface area contributed by atoms with Crippen LogP contribution in [-0.2, 0) is 0 Å². The van der Waals surface area contributed by atoms with Crippen LogP contribution in [0.4, 0.5) is 11.7 Å². The summed E-state index contributed by atoms with van der Waals surface area (Å²) in [4.78, 5) is 0. The monoisotopic (exact) mass is 219 g/mol. The molecule has 5 heteroatoms. The van der Waals surface area contributed by atoms with E-state index in [1.165, 1.54) is 6.92 Å². The SMILES string of the molecule is CC.CCCCN(CC)S(F)(F)F. The molecule has 0 heterocycles. The molecular formula is C8H20F3NS. The zero-order valence-corrected chi connectivity index (χ0v) is 9.63. The molecule has 0 aliphatic rings. The molecule has 0 saturated heterocycles. The number of halogens is 3. The first-order chi connectivity index (χ1) is 6.02. The third-order valence-electron chi connectivity index (χ3n) is 1.41. The van der Waals surface area contributed by atoms with Gasteiger partial charge in [0, 0.05) is 13.1 Å². The van der Waals surface area contributed by atoms with E-state index in [-0.39, 0.29) is 13.1 Å². The van der Waals surface area contributed by atoms with Crippen LogP contribution >= 0.6 is 11.4 Å². The fourth-order valence-corrected chi connectivity index (χ4v) is 1.37. The second-order valence-corrected chi connectivity index (χ2v) is 3.54. The Labute approximate surface area is 81.6 Å². The van der Waals surface area contributed by atoms with E-state index in [1.807, 2.05) is 20.8 Å². The summed E-state index contributed by atoms with van der Waals surface area (Å²) < 4.78 is 36.8. The van der Waals surface area contributed by atoms with Gasteiger partial charge in [0.15, 0.2) is 0 Å². The van der Waals surface area contributed by atoms with E-state index in [0.29, 0.717) is 10.7 Å². The van der Waals surface area contributed by atoms with Crippen LogP contribution in [0.5, 0.6) is 0 Å². The highest BCUT2D eigenvalue weighted by Gasteiger charge is 2.28. The van der Waals surface area contributed by atoms with Crippen LogP contribution in [-0.4, -0.2) is 17.4 Å². The van der Waals surface area contributed by atoms with Gasteiger partial charge in [0.25, 0.3) is 11.4 Å². The largest absolute Gasteiger partial charge is 0.278 e. The van der Waals surface area contributed by atoms with Crippen molar-refractivity contribution >= 4 is 11.4 Å². The molecule has 0 aromatic heterocycles. The lowest BCUT2D eigenvalue weighted by Gasteiger charge is -2.25. The fourth-order valence-electron chi connectivity index (χ4n) is 0.742. The molecule has 0 N–H and O–H groups in total. The second kappa shape index (κ2) is 8.69. The van der Waals surface area contributed by atoms with Crippen molar-refractivity contribution in [2.45, 2.75) is 40.5 Å². The van der Waals surface area contributed by atoms with Crippen molar-refractivity contribution < 1.29 is 11.7 Å². The maximum Gasteiger partial charge on any atom is 0.278 e. The summed E-state index contributed by atoms with van der Waals surface area (Å²) in [7, 11) is 0. The lowest BCUT2D eigenvalue weighted by molar-refractivity contribution is 0.392. The van der Waals surface area contributed by atoms with E-state index in [9.17, 15) is 11.7 Å². The van der Waals surface area contributed by atoms with Crippen molar-refractivity contribution in [1.82, 2.24) is 4.31 Å². The molecule has 0 atom stereocenters. The lowest BCUT2D eigenvalue weighted by atomic mass is 10.3. The van der Waals surface area contributed by atoms with Crippen molar-refractivity contribution in [2.24, 2.45) is 0 Å². The third-order valence-corrected chi connectivity index (χ3v) is 2.43. The first kappa shape index (κ1) is 15.6. The first-order valence-electron chi connectivity index (χ1n) is 4.69. The minimum Gasteiger partial charge on any atom is -0.193 e. The van der Waals surface area contributed by atoms with Crippen LogP contribution in [0.15, 0.2) is 0 Å². The molecular weight excluding hydrogens is 199 g/mol. The van der Waals surface area contributed by atoms with Gasteiger partial charge in [0.1, 0.15) is 0 Å². The van der Waals surface area contributed by atoms with Gasteiger partial charge in [0.05, 0.1) is 0 Å². The van der Waals surface area contributed by atoms with Crippen LogP contribution < -0.4 is 0 Å². The topological polar surface area (TPSA) is 3.24 Å². The molecule has 13 heavy (non-hydrogen) atoms. The number of rotatable bonds is 5. The van der Waals surface area contributed by atoms with Crippen molar-refractivity contribution in [1.29, 1.82) is 0 Å². The molecule has 1 nitrogen and oxygen atoms in total. The van der Waals surface area contributed by atoms with Gasteiger partial charge in [0.2, 0.25) is 0 Å². The van der Waals surface area contributed by atoms with Gasteiger partial charge >= 0.3 is 0 Å². The van der Waals surface area contributed by atoms with Crippen LogP contribution in [0, 0.1) is 0 Å². The quantitative estimate of drug-likeness (QED) is 0.657. The van der Waals surface area contributed by atoms with E-state index < -0.39 is 11.4 Å². The Morgan fingerprint density at radius 3 is 1.77 bits per heavy atom. The van der Waals surface area contributed by atoms with Crippen LogP contribution in [0.3, 0.4) is 0 Å². The third kappa shape index (κ3) is 8.43. The molecule has 0 aromatic carbocycles. The molecule has 0 fully saturated rings. The maximum atomic E-state index is 12.1. The standard InChI is InChI=1S/C6H14F3NS.C2H6/c1-3-5-6-10(4-2)11(7,8)9;1-2/h3-6H2,1-2H3;1-2H3. The Morgan fingerprint density at radius 2 is 1.54 bits per heavy atom. The second-order valence-electron chi connectivity index (χ2n) is 2.26. The summed E-state index contributed by atoms with van der Waals surface area (Å²) in [5, 5.41) is 0. The smallest absolute Gasteiger partial charge is 0.193 e. The van der Waals surface area contributed by atoms with Gasteiger partial charge in [-0.1, -0.05) is 34.1 Å². The Morgan fingerprint density at radius 1 is 1.08 bits per heavy atom. The Balaban J connectivity index is 0. The van der Waals surface area contributed by atoms with Crippen molar-refractivity contribution in [3.8, 4) is 0 Å². The zero-order chi connectivity index (χ0) is 10.9. The molecule has 0 saturated carbocycles. The Kier molecular flexibility index (Phi) is 10.4. The highest BCUT2D eigenvalue weighted by atomic mass is 32.3. The van der Waals surface area contributed by atoms with Gasteiger partial charge < -0.3 is 0 Å². The molecule has 84 valence electrons. The van der Waals surface area contributed by atoms with Crippen LogP contribution in [0.2, 0.25) is 0 Å². The summed E-state index contributed by atoms with van der Waals surface area (Å²) in [6, 6.07) is 0. The number of unbranched alkanes of at least 4 members (excludes halogenated alkanes) is 1. The normalized spacial score (nSPS) is 12.3. The maximum absolute atomic E-state index is 12.1. The molecule has 0 aromatic rings. The summed E-state index contributed by atoms with van der Waals surface area (Å²) >= 11 is -4.95. The van der Waals surface area contributed by atoms with Gasteiger partial charge in [-0.25, -0.2) is 0 Å². The molecule has 0 radical (unpaired) electrons. The van der Waals surface area contributed by atoms with Crippen molar-refractivity contribution in [3.05, 3.63) is 0 Å². The summed E-state index contributed by atoms with van der Waals surface area (Å²) in [6.07, 6.45) is 1.44. The lowest BCUT2D eigenvalue weighted by Crippen LogP contribution is -2.21. The van der Waals surface area contributed by atoms with Crippen molar-refractivity contribution in [3.63, 3.8) is 0 Å². The molecule has 0 spiro atoms. The average Bonchev–Trinajstić information content (AvgIpc) is 2.07. The summed E-state index contributed by atoms with van der Waals surface area (Å²) in [6.45, 7) is 7.67. The van der Waals surface area contributed by atoms with E-state index in [4.69, 9.17) is 0 Å². The van der Waals surface area contributed by atoms with E-state index in [0.717, 1.165) is 6.42 Å². The predicted molar refractivity (Wildman–Crippen MR) is 54.4 cm³/mol. The van der Waals surface area contributed by atoms with Crippen LogP contribution in [0.1, 0.15) is 40.5 Å². The first-order valence-corrected chi connectivity index (χ1v) is 5.98. The Hall–Kier alpha value is 0.100. The van der Waals surface area contributed by atoms with Crippen LogP contribution in [0.25, 0.3) is 0 Å². The molecule has 0 rings (SSSR count). The molecule has 0 amide bonds. The molecule has 0 aliphatic carbocycles. The highest BCUT2D eigenvalue weighted by Crippen LogP contribution is 2.56. The minimum atomic E-state index is -4.95. The number of hydrogen-bond donors (Lipinski definition) is 0. The molecule has 0 bridgehead atoms. The van der Waals surface area contributed by atoms with E-state index in [1.54, 1.807) is 0 Å².